The largest absolute Gasteiger partial charge is 0.449 e. The molecule has 21 heavy (non-hydrogen) atoms. The summed E-state index contributed by atoms with van der Waals surface area (Å²) in [4.78, 5) is 16.5. The van der Waals surface area contributed by atoms with Crippen LogP contribution in [0.5, 0.6) is 0 Å². The molecule has 5 nitrogen and oxygen atoms in total. The first kappa shape index (κ1) is 12.9. The van der Waals surface area contributed by atoms with Gasteiger partial charge in [0, 0.05) is 29.7 Å². The Kier molecular flexibility index (Phi) is 2.97. The van der Waals surface area contributed by atoms with Crippen LogP contribution in [0.4, 0.5) is 0 Å². The lowest BCUT2D eigenvalue weighted by atomic mass is 9.76. The summed E-state index contributed by atoms with van der Waals surface area (Å²) >= 11 is 0. The lowest BCUT2D eigenvalue weighted by Gasteiger charge is -2.32. The van der Waals surface area contributed by atoms with Crippen LogP contribution in [0.15, 0.2) is 24.4 Å². The van der Waals surface area contributed by atoms with Gasteiger partial charge in [-0.15, -0.1) is 0 Å². The number of nitrogens with zero attached hydrogens (tertiary/aromatic N) is 1. The minimum Gasteiger partial charge on any atom is -0.449 e. The van der Waals surface area contributed by atoms with E-state index in [-0.39, 0.29) is 5.97 Å². The molecule has 1 aliphatic carbocycles. The zero-order chi connectivity index (χ0) is 14.4. The third-order valence-electron chi connectivity index (χ3n) is 4.56. The maximum Gasteiger partial charge on any atom is 0.321 e. The molecule has 2 fully saturated rings. The number of H-pyrrole nitrogens is 1. The zero-order valence-corrected chi connectivity index (χ0v) is 11.8. The summed E-state index contributed by atoms with van der Waals surface area (Å²) in [6.45, 7) is 1.53. The molecule has 2 aromatic rings. The van der Waals surface area contributed by atoms with E-state index < -0.39 is 0 Å². The van der Waals surface area contributed by atoms with Gasteiger partial charge in [0.1, 0.15) is 6.73 Å². The van der Waals surface area contributed by atoms with Crippen LogP contribution in [0.3, 0.4) is 0 Å². The van der Waals surface area contributed by atoms with Crippen molar-refractivity contribution in [3.63, 3.8) is 0 Å². The van der Waals surface area contributed by atoms with E-state index in [0.717, 1.165) is 19.4 Å². The Hall–Kier alpha value is -1.85. The Labute approximate surface area is 123 Å². The second kappa shape index (κ2) is 4.86. The number of aromatic amines is 1. The number of hydrogen-bond acceptors (Lipinski definition) is 4. The van der Waals surface area contributed by atoms with Crippen molar-refractivity contribution in [2.45, 2.75) is 31.3 Å². The fourth-order valence-corrected chi connectivity index (χ4v) is 3.34. The minimum atomic E-state index is -0.137. The molecule has 0 atom stereocenters. The van der Waals surface area contributed by atoms with E-state index in [0.29, 0.717) is 25.2 Å². The van der Waals surface area contributed by atoms with Gasteiger partial charge >= 0.3 is 5.97 Å². The van der Waals surface area contributed by atoms with Crippen molar-refractivity contribution in [2.24, 2.45) is 5.73 Å². The van der Waals surface area contributed by atoms with Crippen molar-refractivity contribution in [1.82, 2.24) is 9.88 Å². The lowest BCUT2D eigenvalue weighted by Crippen LogP contribution is -2.34. The molecule has 1 aromatic heterocycles. The quantitative estimate of drug-likeness (QED) is 0.842. The number of rotatable bonds is 3. The second-order valence-corrected chi connectivity index (χ2v) is 6.18. The van der Waals surface area contributed by atoms with Gasteiger partial charge in [0.05, 0.1) is 6.54 Å². The molecule has 0 radical (unpaired) electrons. The SMILES string of the molecule is NC1CC(c2c[nH]c3ccc(CN4COC(=O)C4)cc23)C1. The predicted octanol–water partition coefficient (Wildman–Crippen LogP) is 1.69. The Morgan fingerprint density at radius 3 is 2.95 bits per heavy atom. The molecule has 1 aromatic carbocycles. The Bertz CT molecular complexity index is 688. The van der Waals surface area contributed by atoms with Crippen molar-refractivity contribution >= 4 is 16.9 Å². The Morgan fingerprint density at radius 2 is 2.24 bits per heavy atom. The molecular formula is C16H19N3O2. The van der Waals surface area contributed by atoms with Crippen molar-refractivity contribution < 1.29 is 9.53 Å². The molecule has 0 spiro atoms. The number of benzene rings is 1. The normalized spacial score (nSPS) is 26.0. The molecule has 4 rings (SSSR count). The molecule has 2 aliphatic rings. The van der Waals surface area contributed by atoms with Gasteiger partial charge in [0.15, 0.2) is 0 Å². The molecular weight excluding hydrogens is 266 g/mol. The molecule has 110 valence electrons. The average Bonchev–Trinajstić information content (AvgIpc) is 3.01. The summed E-state index contributed by atoms with van der Waals surface area (Å²) < 4.78 is 4.98. The number of carbonyl (C=O) groups excluding carboxylic acids is 1. The van der Waals surface area contributed by atoms with E-state index >= 15 is 0 Å². The van der Waals surface area contributed by atoms with Crippen LogP contribution in [0.25, 0.3) is 10.9 Å². The van der Waals surface area contributed by atoms with Crippen LogP contribution in [-0.4, -0.2) is 35.2 Å². The van der Waals surface area contributed by atoms with Crippen LogP contribution in [0, 0.1) is 0 Å². The maximum absolute atomic E-state index is 11.2. The lowest BCUT2D eigenvalue weighted by molar-refractivity contribution is -0.136. The molecule has 0 unspecified atom stereocenters. The molecule has 2 heterocycles. The van der Waals surface area contributed by atoms with E-state index in [2.05, 4.69) is 29.4 Å². The maximum atomic E-state index is 11.2. The molecule has 1 aliphatic heterocycles. The smallest absolute Gasteiger partial charge is 0.321 e. The van der Waals surface area contributed by atoms with Gasteiger partial charge in [-0.3, -0.25) is 9.69 Å². The fourth-order valence-electron chi connectivity index (χ4n) is 3.34. The van der Waals surface area contributed by atoms with Crippen molar-refractivity contribution in [3.8, 4) is 0 Å². The molecule has 1 saturated carbocycles. The van der Waals surface area contributed by atoms with E-state index in [9.17, 15) is 4.79 Å². The van der Waals surface area contributed by atoms with E-state index in [1.165, 1.54) is 22.0 Å². The summed E-state index contributed by atoms with van der Waals surface area (Å²) in [7, 11) is 0. The highest BCUT2D eigenvalue weighted by molar-refractivity contribution is 5.84. The summed E-state index contributed by atoms with van der Waals surface area (Å²) in [6, 6.07) is 6.81. The summed E-state index contributed by atoms with van der Waals surface area (Å²) in [5.41, 5.74) is 9.67. The van der Waals surface area contributed by atoms with Gasteiger partial charge in [0.25, 0.3) is 0 Å². The first-order valence-corrected chi connectivity index (χ1v) is 7.42. The number of nitrogens with one attached hydrogen (secondary N) is 1. The minimum absolute atomic E-state index is 0.137. The average molecular weight is 285 g/mol. The van der Waals surface area contributed by atoms with Crippen LogP contribution >= 0.6 is 0 Å². The van der Waals surface area contributed by atoms with Crippen LogP contribution in [-0.2, 0) is 16.1 Å². The molecule has 5 heteroatoms. The van der Waals surface area contributed by atoms with E-state index in [1.807, 2.05) is 4.90 Å². The summed E-state index contributed by atoms with van der Waals surface area (Å²) in [5.74, 6) is 0.447. The standard InChI is InChI=1S/C16H19N3O2/c17-12-4-11(5-12)14-6-18-15-2-1-10(3-13(14)15)7-19-8-16(20)21-9-19/h1-3,6,11-12,18H,4-5,7-9,17H2. The second-order valence-electron chi connectivity index (χ2n) is 6.18. The molecule has 0 bridgehead atoms. The number of ether oxygens (including phenoxy) is 1. The van der Waals surface area contributed by atoms with Crippen molar-refractivity contribution in [1.29, 1.82) is 0 Å². The third kappa shape index (κ3) is 2.32. The number of cyclic esters (lactones) is 1. The van der Waals surface area contributed by atoms with Gasteiger partial charge < -0.3 is 15.5 Å². The number of hydrogen-bond donors (Lipinski definition) is 2. The summed E-state index contributed by atoms with van der Waals surface area (Å²) in [6.07, 6.45) is 4.27. The van der Waals surface area contributed by atoms with Crippen molar-refractivity contribution in [3.05, 3.63) is 35.5 Å². The highest BCUT2D eigenvalue weighted by Crippen LogP contribution is 2.39. The molecule has 3 N–H and O–H groups in total. The summed E-state index contributed by atoms with van der Waals surface area (Å²) in [5, 5.41) is 1.29. The topological polar surface area (TPSA) is 71.3 Å². The number of fused-ring (bicyclic) bond motifs is 1. The Balaban J connectivity index is 1.59. The van der Waals surface area contributed by atoms with Gasteiger partial charge in [-0.25, -0.2) is 0 Å². The number of carbonyl (C=O) groups is 1. The highest BCUT2D eigenvalue weighted by atomic mass is 16.6. The monoisotopic (exact) mass is 285 g/mol. The third-order valence-corrected chi connectivity index (χ3v) is 4.56. The van der Waals surface area contributed by atoms with Crippen LogP contribution in [0.1, 0.15) is 29.9 Å². The van der Waals surface area contributed by atoms with Crippen molar-refractivity contribution in [2.75, 3.05) is 13.3 Å². The number of aromatic nitrogens is 1. The highest BCUT2D eigenvalue weighted by Gasteiger charge is 2.29. The van der Waals surface area contributed by atoms with Gasteiger partial charge in [0.2, 0.25) is 0 Å². The zero-order valence-electron chi connectivity index (χ0n) is 11.8. The predicted molar refractivity (Wildman–Crippen MR) is 79.6 cm³/mol. The Morgan fingerprint density at radius 1 is 1.38 bits per heavy atom. The first-order chi connectivity index (χ1) is 10.2. The van der Waals surface area contributed by atoms with Gasteiger partial charge in [-0.2, -0.15) is 0 Å². The number of esters is 1. The molecule has 1 saturated heterocycles. The van der Waals surface area contributed by atoms with Crippen LogP contribution in [0.2, 0.25) is 0 Å². The van der Waals surface area contributed by atoms with Gasteiger partial charge in [-0.1, -0.05) is 6.07 Å². The van der Waals surface area contributed by atoms with E-state index in [4.69, 9.17) is 10.5 Å². The van der Waals surface area contributed by atoms with Gasteiger partial charge in [-0.05, 0) is 42.0 Å². The van der Waals surface area contributed by atoms with Crippen LogP contribution < -0.4 is 5.73 Å². The first-order valence-electron chi connectivity index (χ1n) is 7.42. The molecule has 0 amide bonds. The van der Waals surface area contributed by atoms with E-state index in [1.54, 1.807) is 0 Å². The fraction of sp³-hybridized carbons (Fsp3) is 0.438. The number of nitrogens with two attached hydrogens (primary N) is 1.